The smallest absolute Gasteiger partial charge is 0.372 e. The summed E-state index contributed by atoms with van der Waals surface area (Å²) in [5, 5.41) is 12.3. The minimum Gasteiger partial charge on any atom is -0.372 e. The highest BCUT2D eigenvalue weighted by Crippen LogP contribution is 2.48. The van der Waals surface area contributed by atoms with Gasteiger partial charge in [0, 0.05) is 17.9 Å². The van der Waals surface area contributed by atoms with Gasteiger partial charge < -0.3 is 10.4 Å². The van der Waals surface area contributed by atoms with Crippen molar-refractivity contribution in [2.24, 2.45) is 0 Å². The van der Waals surface area contributed by atoms with Crippen LogP contribution in [0.15, 0.2) is 72.8 Å². The summed E-state index contributed by atoms with van der Waals surface area (Å²) in [5.41, 5.74) is -6.11. The van der Waals surface area contributed by atoms with Crippen LogP contribution in [0.25, 0.3) is 0 Å². The predicted molar refractivity (Wildman–Crippen MR) is 137 cm³/mol. The van der Waals surface area contributed by atoms with Gasteiger partial charge in [0.15, 0.2) is 5.78 Å². The van der Waals surface area contributed by atoms with Crippen LogP contribution in [0.2, 0.25) is 0 Å². The molecular formula is C30H29F8NO2. The maximum Gasteiger partial charge on any atom is 0.428 e. The van der Waals surface area contributed by atoms with Gasteiger partial charge in [0.05, 0.1) is 0 Å². The molecule has 0 aliphatic rings. The number of carbonyl (C=O) groups excluding carboxylic acids is 1. The van der Waals surface area contributed by atoms with E-state index >= 15 is 0 Å². The predicted octanol–water partition coefficient (Wildman–Crippen LogP) is 6.98. The van der Waals surface area contributed by atoms with Crippen molar-refractivity contribution in [2.45, 2.75) is 69.1 Å². The topological polar surface area (TPSA) is 49.3 Å². The number of alkyl halides is 6. The molecule has 0 fully saturated rings. The maximum absolute atomic E-state index is 14.8. The van der Waals surface area contributed by atoms with Crippen LogP contribution >= 0.6 is 0 Å². The molecule has 3 aromatic rings. The Kier molecular flexibility index (Phi) is 9.34. The lowest BCUT2D eigenvalue weighted by molar-refractivity contribution is -0.373. The summed E-state index contributed by atoms with van der Waals surface area (Å²) in [6, 6.07) is 12.1. The fourth-order valence-corrected chi connectivity index (χ4v) is 5.03. The van der Waals surface area contributed by atoms with Gasteiger partial charge in [-0.1, -0.05) is 62.4 Å². The number of rotatable bonds is 10. The molecule has 0 bridgehead atoms. The molecule has 222 valence electrons. The van der Waals surface area contributed by atoms with Gasteiger partial charge in [-0.15, -0.1) is 0 Å². The molecule has 0 amide bonds. The van der Waals surface area contributed by atoms with Crippen molar-refractivity contribution in [1.82, 2.24) is 5.32 Å². The SMILES string of the molecule is Cc1cc(F)cc([C@@](CC(=O)[C@@H](NC(C)C)C(O)(C(F)(F)F)C(F)(F)F)(Cc2ccccc2)c2ccc(F)cc2)c1. The number of aliphatic hydroxyl groups is 1. The molecule has 3 nitrogen and oxygen atoms in total. The van der Waals surface area contributed by atoms with Gasteiger partial charge in [0.1, 0.15) is 17.7 Å². The van der Waals surface area contributed by atoms with Gasteiger partial charge in [-0.25, -0.2) is 8.78 Å². The van der Waals surface area contributed by atoms with E-state index in [9.17, 15) is 45.0 Å². The molecule has 0 saturated heterocycles. The van der Waals surface area contributed by atoms with Crippen LogP contribution < -0.4 is 5.32 Å². The lowest BCUT2D eigenvalue weighted by Crippen LogP contribution is -2.71. The summed E-state index contributed by atoms with van der Waals surface area (Å²) in [7, 11) is 0. The maximum atomic E-state index is 14.8. The van der Waals surface area contributed by atoms with E-state index in [0.29, 0.717) is 11.1 Å². The first-order chi connectivity index (χ1) is 18.9. The van der Waals surface area contributed by atoms with Crippen LogP contribution in [-0.2, 0) is 16.6 Å². The van der Waals surface area contributed by atoms with Gasteiger partial charge in [-0.3, -0.25) is 4.79 Å². The fourth-order valence-electron chi connectivity index (χ4n) is 5.03. The molecule has 0 unspecified atom stereocenters. The summed E-state index contributed by atoms with van der Waals surface area (Å²) in [5.74, 6) is -3.07. The Morgan fingerprint density at radius 2 is 1.37 bits per heavy atom. The number of halogens is 8. The Hall–Kier alpha value is -3.31. The Morgan fingerprint density at radius 3 is 1.85 bits per heavy atom. The van der Waals surface area contributed by atoms with Crippen LogP contribution in [0.1, 0.15) is 42.5 Å². The molecule has 0 aliphatic carbocycles. The lowest BCUT2D eigenvalue weighted by atomic mass is 9.66. The van der Waals surface area contributed by atoms with Gasteiger partial charge in [0.2, 0.25) is 0 Å². The molecule has 0 saturated carbocycles. The second-order valence-electron chi connectivity index (χ2n) is 10.4. The molecule has 2 atom stereocenters. The Morgan fingerprint density at radius 1 is 0.805 bits per heavy atom. The third kappa shape index (κ3) is 6.78. The average molecular weight is 588 g/mol. The van der Waals surface area contributed by atoms with Gasteiger partial charge >= 0.3 is 12.4 Å². The third-order valence-corrected chi connectivity index (χ3v) is 6.92. The van der Waals surface area contributed by atoms with E-state index in [1.807, 2.05) is 5.32 Å². The summed E-state index contributed by atoms with van der Waals surface area (Å²) in [6.07, 6.45) is -13.8. The molecule has 11 heteroatoms. The minimum absolute atomic E-state index is 0.0738. The summed E-state index contributed by atoms with van der Waals surface area (Å²) in [6.45, 7) is 3.97. The quantitative estimate of drug-likeness (QED) is 0.252. The van der Waals surface area contributed by atoms with Crippen LogP contribution in [0, 0.1) is 18.6 Å². The van der Waals surface area contributed by atoms with Crippen molar-refractivity contribution in [3.8, 4) is 0 Å². The Bertz CT molecular complexity index is 1300. The van der Waals surface area contributed by atoms with Crippen LogP contribution in [-0.4, -0.2) is 40.9 Å². The summed E-state index contributed by atoms with van der Waals surface area (Å²) >= 11 is 0. The number of ketones is 1. The third-order valence-electron chi connectivity index (χ3n) is 6.92. The first-order valence-corrected chi connectivity index (χ1v) is 12.6. The van der Waals surface area contributed by atoms with Crippen molar-refractivity contribution in [1.29, 1.82) is 0 Å². The zero-order valence-corrected chi connectivity index (χ0v) is 22.4. The number of carbonyl (C=O) groups is 1. The van der Waals surface area contributed by atoms with E-state index in [1.165, 1.54) is 45.0 Å². The van der Waals surface area contributed by atoms with Crippen molar-refractivity contribution >= 4 is 5.78 Å². The molecule has 2 N–H and O–H groups in total. The Labute approximate surface area is 232 Å². The van der Waals surface area contributed by atoms with Crippen molar-refractivity contribution in [3.05, 3.63) is 107 Å². The zero-order chi connectivity index (χ0) is 30.8. The van der Waals surface area contributed by atoms with E-state index in [1.54, 1.807) is 30.3 Å². The number of hydrogen-bond acceptors (Lipinski definition) is 3. The number of Topliss-reactive ketones (excluding diaryl/α,β-unsaturated/α-hetero) is 1. The standard InChI is InChI=1S/C30H29F8NO2/c1-18(2)39-26(28(41,29(33,34)35)30(36,37)38)25(40)17-27(16-20-7-5-4-6-8-20,21-9-11-23(31)12-10-21)22-13-19(3)14-24(32)15-22/h4-15,18,26,39,41H,16-17H2,1-3H3/t26-,27-/m1/s1. The largest absolute Gasteiger partial charge is 0.428 e. The van der Waals surface area contributed by atoms with Gasteiger partial charge in [-0.2, -0.15) is 26.3 Å². The summed E-state index contributed by atoms with van der Waals surface area (Å²) < 4.78 is 113. The Balaban J connectivity index is 2.34. The average Bonchev–Trinajstić information content (AvgIpc) is 2.85. The highest BCUT2D eigenvalue weighted by Gasteiger charge is 2.75. The second kappa shape index (κ2) is 11.9. The van der Waals surface area contributed by atoms with Crippen molar-refractivity contribution in [3.63, 3.8) is 0 Å². The first-order valence-electron chi connectivity index (χ1n) is 12.6. The van der Waals surface area contributed by atoms with Crippen LogP contribution in [0.4, 0.5) is 35.1 Å². The minimum atomic E-state index is -6.29. The van der Waals surface area contributed by atoms with E-state index in [4.69, 9.17) is 0 Å². The highest BCUT2D eigenvalue weighted by molar-refractivity contribution is 5.88. The van der Waals surface area contributed by atoms with Crippen molar-refractivity contribution < 1.29 is 45.0 Å². The monoisotopic (exact) mass is 587 g/mol. The van der Waals surface area contributed by atoms with Gasteiger partial charge in [-0.05, 0) is 59.9 Å². The van der Waals surface area contributed by atoms with Crippen LogP contribution in [0.5, 0.6) is 0 Å². The molecule has 3 aromatic carbocycles. The molecule has 0 heterocycles. The first kappa shape index (κ1) is 32.2. The highest BCUT2D eigenvalue weighted by atomic mass is 19.4. The number of nitrogens with one attached hydrogen (secondary N) is 1. The van der Waals surface area contributed by atoms with E-state index in [2.05, 4.69) is 0 Å². The molecule has 41 heavy (non-hydrogen) atoms. The number of aryl methyl sites for hydroxylation is 1. The number of hydrogen-bond donors (Lipinski definition) is 2. The summed E-state index contributed by atoms with van der Waals surface area (Å²) in [4.78, 5) is 13.8. The lowest BCUT2D eigenvalue weighted by Gasteiger charge is -2.42. The molecule has 0 spiro atoms. The second-order valence-corrected chi connectivity index (χ2v) is 10.4. The van der Waals surface area contributed by atoms with Gasteiger partial charge in [0.25, 0.3) is 5.60 Å². The molecule has 0 aliphatic heterocycles. The van der Waals surface area contributed by atoms with Crippen molar-refractivity contribution in [2.75, 3.05) is 0 Å². The normalized spacial score (nSPS) is 15.0. The van der Waals surface area contributed by atoms with E-state index < -0.39 is 59.3 Å². The van der Waals surface area contributed by atoms with E-state index in [0.717, 1.165) is 18.2 Å². The molecule has 0 radical (unpaired) electrons. The number of benzene rings is 3. The van der Waals surface area contributed by atoms with E-state index in [-0.39, 0.29) is 17.5 Å². The molecule has 3 rings (SSSR count). The zero-order valence-electron chi connectivity index (χ0n) is 22.4. The fraction of sp³-hybridized carbons (Fsp3) is 0.367. The molecule has 0 aromatic heterocycles. The molecular weight excluding hydrogens is 558 g/mol. The van der Waals surface area contributed by atoms with Crippen LogP contribution in [0.3, 0.4) is 0 Å².